The van der Waals surface area contributed by atoms with Crippen LogP contribution in [0.15, 0.2) is 35.1 Å². The van der Waals surface area contributed by atoms with E-state index in [0.717, 1.165) is 27.5 Å². The predicted octanol–water partition coefficient (Wildman–Crippen LogP) is 3.58. The zero-order chi connectivity index (χ0) is 15.3. The van der Waals surface area contributed by atoms with Crippen LogP contribution in [0.1, 0.15) is 6.92 Å². The van der Waals surface area contributed by atoms with Crippen LogP contribution in [0.2, 0.25) is 5.28 Å². The zero-order valence-corrected chi connectivity index (χ0v) is 13.9. The van der Waals surface area contributed by atoms with Gasteiger partial charge < -0.3 is 0 Å². The lowest BCUT2D eigenvalue weighted by Crippen LogP contribution is -1.95. The standard InChI is InChI=1S/C14H10BrClN6/c1-2-21-7-8(6-17-21)12-19-13-9-4-3-5-10(15)11(9)18-14(16)22(13)20-12/h3-7H,2H2,1H3. The summed E-state index contributed by atoms with van der Waals surface area (Å²) in [6, 6.07) is 5.81. The van der Waals surface area contributed by atoms with Crippen LogP contribution < -0.4 is 0 Å². The van der Waals surface area contributed by atoms with Crippen LogP contribution in [-0.4, -0.2) is 29.4 Å². The van der Waals surface area contributed by atoms with E-state index in [1.54, 1.807) is 10.7 Å². The van der Waals surface area contributed by atoms with Crippen molar-refractivity contribution in [2.75, 3.05) is 0 Å². The highest BCUT2D eigenvalue weighted by Gasteiger charge is 2.15. The first-order valence-corrected chi connectivity index (χ1v) is 7.88. The molecule has 0 unspecified atom stereocenters. The highest BCUT2D eigenvalue weighted by molar-refractivity contribution is 9.10. The average molecular weight is 378 g/mol. The molecule has 0 aliphatic rings. The van der Waals surface area contributed by atoms with Crippen molar-refractivity contribution in [1.29, 1.82) is 0 Å². The molecule has 4 aromatic rings. The molecule has 3 heterocycles. The van der Waals surface area contributed by atoms with E-state index in [2.05, 4.69) is 36.1 Å². The van der Waals surface area contributed by atoms with Crippen LogP contribution in [-0.2, 0) is 6.54 Å². The Morgan fingerprint density at radius 1 is 1.27 bits per heavy atom. The van der Waals surface area contributed by atoms with E-state index in [1.165, 1.54) is 0 Å². The van der Waals surface area contributed by atoms with Gasteiger partial charge in [0.25, 0.3) is 0 Å². The van der Waals surface area contributed by atoms with Gasteiger partial charge in [0.15, 0.2) is 11.5 Å². The summed E-state index contributed by atoms with van der Waals surface area (Å²) in [6.45, 7) is 2.82. The summed E-state index contributed by atoms with van der Waals surface area (Å²) in [4.78, 5) is 9.00. The Bertz CT molecular complexity index is 1010. The minimum Gasteiger partial charge on any atom is -0.272 e. The molecule has 0 aliphatic carbocycles. The number of aromatic nitrogens is 6. The number of para-hydroxylation sites is 1. The average Bonchev–Trinajstić information content (AvgIpc) is 3.15. The van der Waals surface area contributed by atoms with Crippen molar-refractivity contribution in [3.05, 3.63) is 40.3 Å². The summed E-state index contributed by atoms with van der Waals surface area (Å²) in [5.41, 5.74) is 2.29. The van der Waals surface area contributed by atoms with Crippen LogP contribution in [0.4, 0.5) is 0 Å². The fraction of sp³-hybridized carbons (Fsp3) is 0.143. The van der Waals surface area contributed by atoms with E-state index in [9.17, 15) is 0 Å². The predicted molar refractivity (Wildman–Crippen MR) is 87.9 cm³/mol. The molecule has 8 heteroatoms. The molecule has 4 rings (SSSR count). The van der Waals surface area contributed by atoms with Crippen molar-refractivity contribution in [3.63, 3.8) is 0 Å². The van der Waals surface area contributed by atoms with Gasteiger partial charge in [-0.25, -0.2) is 9.97 Å². The van der Waals surface area contributed by atoms with Crippen molar-refractivity contribution in [2.45, 2.75) is 13.5 Å². The monoisotopic (exact) mass is 376 g/mol. The summed E-state index contributed by atoms with van der Waals surface area (Å²) >= 11 is 9.74. The largest absolute Gasteiger partial charge is 0.272 e. The first kappa shape index (κ1) is 13.7. The van der Waals surface area contributed by atoms with Gasteiger partial charge in [-0.2, -0.15) is 9.61 Å². The summed E-state index contributed by atoms with van der Waals surface area (Å²) in [5.74, 6) is 0.580. The third-order valence-corrected chi connectivity index (χ3v) is 4.31. The van der Waals surface area contributed by atoms with Gasteiger partial charge in [-0.1, -0.05) is 6.07 Å². The summed E-state index contributed by atoms with van der Waals surface area (Å²) in [5, 5.41) is 9.87. The van der Waals surface area contributed by atoms with Gasteiger partial charge in [0.2, 0.25) is 5.28 Å². The van der Waals surface area contributed by atoms with Crippen LogP contribution in [0.3, 0.4) is 0 Å². The van der Waals surface area contributed by atoms with Gasteiger partial charge in [-0.15, -0.1) is 5.10 Å². The number of aryl methyl sites for hydroxylation is 1. The first-order chi connectivity index (χ1) is 10.7. The van der Waals surface area contributed by atoms with Crippen LogP contribution in [0.25, 0.3) is 27.9 Å². The zero-order valence-electron chi connectivity index (χ0n) is 11.5. The number of benzene rings is 1. The lowest BCUT2D eigenvalue weighted by Gasteiger charge is -2.02. The maximum absolute atomic E-state index is 6.25. The Labute approximate surface area is 138 Å². The minimum atomic E-state index is 0.274. The molecular weight excluding hydrogens is 368 g/mol. The molecule has 0 fully saturated rings. The normalized spacial score (nSPS) is 11.6. The van der Waals surface area contributed by atoms with E-state index in [1.807, 2.05) is 36.0 Å². The first-order valence-electron chi connectivity index (χ1n) is 6.70. The minimum absolute atomic E-state index is 0.274. The SMILES string of the molecule is CCn1cc(-c2nc3c4cccc(Br)c4nc(Cl)n3n2)cn1. The summed E-state index contributed by atoms with van der Waals surface area (Å²) in [6.07, 6.45) is 3.66. The Morgan fingerprint density at radius 2 is 2.14 bits per heavy atom. The van der Waals surface area contributed by atoms with Crippen LogP contribution in [0, 0.1) is 0 Å². The molecule has 110 valence electrons. The molecule has 1 aromatic carbocycles. The third kappa shape index (κ3) is 2.00. The topological polar surface area (TPSA) is 60.9 Å². The molecular formula is C14H10BrClN6. The summed E-state index contributed by atoms with van der Waals surface area (Å²) in [7, 11) is 0. The smallest absolute Gasteiger partial charge is 0.226 e. The highest BCUT2D eigenvalue weighted by atomic mass is 79.9. The van der Waals surface area contributed by atoms with E-state index in [0.29, 0.717) is 11.5 Å². The molecule has 0 amide bonds. The second-order valence-electron chi connectivity index (χ2n) is 4.77. The van der Waals surface area contributed by atoms with E-state index in [-0.39, 0.29) is 5.28 Å². The van der Waals surface area contributed by atoms with Crippen molar-refractivity contribution in [3.8, 4) is 11.4 Å². The quantitative estimate of drug-likeness (QED) is 0.501. The molecule has 3 aromatic heterocycles. The van der Waals surface area contributed by atoms with Crippen LogP contribution in [0.5, 0.6) is 0 Å². The summed E-state index contributed by atoms with van der Waals surface area (Å²) < 4.78 is 4.25. The van der Waals surface area contributed by atoms with E-state index < -0.39 is 0 Å². The second kappa shape index (κ2) is 5.03. The molecule has 6 nitrogen and oxygen atoms in total. The van der Waals surface area contributed by atoms with Gasteiger partial charge in [0.05, 0.1) is 17.3 Å². The molecule has 0 aliphatic heterocycles. The van der Waals surface area contributed by atoms with Crippen molar-refractivity contribution < 1.29 is 0 Å². The fourth-order valence-electron chi connectivity index (χ4n) is 2.34. The van der Waals surface area contributed by atoms with Crippen molar-refractivity contribution >= 4 is 44.1 Å². The van der Waals surface area contributed by atoms with E-state index in [4.69, 9.17) is 11.6 Å². The Hall–Kier alpha value is -1.99. The van der Waals surface area contributed by atoms with E-state index >= 15 is 0 Å². The fourth-order valence-corrected chi connectivity index (χ4v) is 3.00. The van der Waals surface area contributed by atoms with Gasteiger partial charge >= 0.3 is 0 Å². The maximum Gasteiger partial charge on any atom is 0.226 e. The van der Waals surface area contributed by atoms with Crippen molar-refractivity contribution in [2.24, 2.45) is 0 Å². The molecule has 0 saturated carbocycles. The Morgan fingerprint density at radius 3 is 2.91 bits per heavy atom. The number of halogens is 2. The second-order valence-corrected chi connectivity index (χ2v) is 5.96. The Balaban J connectivity index is 2.02. The number of fused-ring (bicyclic) bond motifs is 3. The highest BCUT2D eigenvalue weighted by Crippen LogP contribution is 2.28. The Kier molecular flexibility index (Phi) is 3.12. The number of hydrogen-bond donors (Lipinski definition) is 0. The number of nitrogens with zero attached hydrogens (tertiary/aromatic N) is 6. The molecule has 22 heavy (non-hydrogen) atoms. The number of rotatable bonds is 2. The molecule has 0 radical (unpaired) electrons. The molecule has 0 saturated heterocycles. The lowest BCUT2D eigenvalue weighted by molar-refractivity contribution is 0.660. The number of hydrogen-bond acceptors (Lipinski definition) is 4. The van der Waals surface area contributed by atoms with Gasteiger partial charge in [0.1, 0.15) is 0 Å². The maximum atomic E-state index is 6.25. The molecule has 0 bridgehead atoms. The van der Waals surface area contributed by atoms with Crippen LogP contribution >= 0.6 is 27.5 Å². The third-order valence-electron chi connectivity index (χ3n) is 3.43. The molecule has 0 N–H and O–H groups in total. The van der Waals surface area contributed by atoms with Gasteiger partial charge in [-0.3, -0.25) is 4.68 Å². The molecule has 0 atom stereocenters. The van der Waals surface area contributed by atoms with Crippen molar-refractivity contribution in [1.82, 2.24) is 29.4 Å². The van der Waals surface area contributed by atoms with Gasteiger partial charge in [0, 0.05) is 22.6 Å². The lowest BCUT2D eigenvalue weighted by atomic mass is 10.2. The molecule has 0 spiro atoms. The van der Waals surface area contributed by atoms with Gasteiger partial charge in [-0.05, 0) is 46.6 Å².